The molecule has 190 valence electrons. The molecule has 9 nitrogen and oxygen atoms in total. The molecule has 1 aromatic carbocycles. The van der Waals surface area contributed by atoms with Gasteiger partial charge in [0.25, 0.3) is 0 Å². The van der Waals surface area contributed by atoms with Crippen LogP contribution < -0.4 is 10.6 Å². The molecule has 1 amide bonds. The van der Waals surface area contributed by atoms with E-state index in [1.807, 2.05) is 54.1 Å². The van der Waals surface area contributed by atoms with Crippen LogP contribution in [-0.2, 0) is 35.5 Å². The number of aryl methyl sites for hydroxylation is 3. The molecule has 0 atom stereocenters. The van der Waals surface area contributed by atoms with E-state index in [4.69, 9.17) is 9.15 Å². The number of nitrogens with one attached hydrogen (secondary N) is 3. The molecule has 0 bridgehead atoms. The first-order chi connectivity index (χ1) is 18.0. The number of fused-ring (bicyclic) bond motifs is 2. The zero-order chi connectivity index (χ0) is 25.9. The number of ether oxygens (including phenoxy) is 1. The summed E-state index contributed by atoms with van der Waals surface area (Å²) in [7, 11) is 1.33. The zero-order valence-corrected chi connectivity index (χ0v) is 21.1. The van der Waals surface area contributed by atoms with Crippen molar-refractivity contribution in [2.24, 2.45) is 0 Å². The summed E-state index contributed by atoms with van der Waals surface area (Å²) in [5.74, 6) is 0.902. The van der Waals surface area contributed by atoms with Gasteiger partial charge >= 0.3 is 5.97 Å². The highest BCUT2D eigenvalue weighted by Gasteiger charge is 2.25. The Balaban J connectivity index is 1.52. The van der Waals surface area contributed by atoms with Gasteiger partial charge in [-0.1, -0.05) is 25.1 Å². The van der Waals surface area contributed by atoms with Crippen LogP contribution in [0.5, 0.6) is 0 Å². The number of pyridine rings is 1. The maximum absolute atomic E-state index is 13.0. The SMILES string of the molecule is CCc1ccc(CNc2cnc3c(c2)c(NC(C)=O)c(C(=O)OC)n3CCc2c[nH]c3ccccc23)o1. The van der Waals surface area contributed by atoms with Crippen molar-refractivity contribution in [3.63, 3.8) is 0 Å². The smallest absolute Gasteiger partial charge is 0.356 e. The molecule has 5 aromatic rings. The van der Waals surface area contributed by atoms with Gasteiger partial charge in [-0.2, -0.15) is 0 Å². The molecular formula is C28H29N5O4. The average molecular weight is 500 g/mol. The monoisotopic (exact) mass is 499 g/mol. The van der Waals surface area contributed by atoms with E-state index in [0.717, 1.165) is 40.1 Å². The Morgan fingerprint density at radius 3 is 2.70 bits per heavy atom. The number of amides is 1. The lowest BCUT2D eigenvalue weighted by molar-refractivity contribution is -0.114. The second-order valence-electron chi connectivity index (χ2n) is 8.83. The number of para-hydroxylation sites is 1. The van der Waals surface area contributed by atoms with Crippen molar-refractivity contribution in [1.29, 1.82) is 0 Å². The predicted molar refractivity (Wildman–Crippen MR) is 143 cm³/mol. The number of benzene rings is 1. The number of methoxy groups -OCH3 is 1. The van der Waals surface area contributed by atoms with E-state index in [0.29, 0.717) is 36.2 Å². The van der Waals surface area contributed by atoms with Gasteiger partial charge in [0.2, 0.25) is 5.91 Å². The number of furan rings is 1. The largest absolute Gasteiger partial charge is 0.464 e. The summed E-state index contributed by atoms with van der Waals surface area (Å²) in [6, 6.07) is 13.9. The standard InChI is InChI=1S/C28H29N5O4/c1-4-20-9-10-21(37-20)16-29-19-13-23-25(32-17(2)34)26(28(35)36-3)33(27(23)31-15-19)12-11-18-14-30-24-8-6-5-7-22(18)24/h5-10,13-15,29-30H,4,11-12,16H2,1-3H3,(H,32,34). The van der Waals surface area contributed by atoms with Gasteiger partial charge in [0.05, 0.1) is 31.2 Å². The minimum absolute atomic E-state index is 0.260. The molecular weight excluding hydrogens is 470 g/mol. The van der Waals surface area contributed by atoms with E-state index in [1.165, 1.54) is 14.0 Å². The fraction of sp³-hybridized carbons (Fsp3) is 0.250. The minimum atomic E-state index is -0.544. The summed E-state index contributed by atoms with van der Waals surface area (Å²) in [6.45, 7) is 4.40. The highest BCUT2D eigenvalue weighted by molar-refractivity contribution is 6.11. The molecule has 37 heavy (non-hydrogen) atoms. The van der Waals surface area contributed by atoms with Gasteiger partial charge in [0.1, 0.15) is 17.2 Å². The van der Waals surface area contributed by atoms with Crippen molar-refractivity contribution in [1.82, 2.24) is 14.5 Å². The van der Waals surface area contributed by atoms with E-state index in [9.17, 15) is 9.59 Å². The van der Waals surface area contributed by atoms with Crippen molar-refractivity contribution in [2.45, 2.75) is 39.8 Å². The molecule has 3 N–H and O–H groups in total. The molecule has 5 rings (SSSR count). The van der Waals surface area contributed by atoms with Crippen LogP contribution in [0.4, 0.5) is 11.4 Å². The fourth-order valence-corrected chi connectivity index (χ4v) is 4.62. The number of aromatic amines is 1. The summed E-state index contributed by atoms with van der Waals surface area (Å²) in [4.78, 5) is 33.0. The Morgan fingerprint density at radius 2 is 1.95 bits per heavy atom. The van der Waals surface area contributed by atoms with Crippen LogP contribution in [0.2, 0.25) is 0 Å². The summed E-state index contributed by atoms with van der Waals surface area (Å²) in [5, 5.41) is 7.93. The number of H-pyrrole nitrogens is 1. The van der Waals surface area contributed by atoms with Crippen LogP contribution in [-0.4, -0.2) is 33.5 Å². The molecule has 0 saturated heterocycles. The quantitative estimate of drug-likeness (QED) is 0.238. The Morgan fingerprint density at radius 1 is 1.14 bits per heavy atom. The van der Waals surface area contributed by atoms with E-state index in [-0.39, 0.29) is 11.6 Å². The van der Waals surface area contributed by atoms with Crippen LogP contribution in [0.15, 0.2) is 59.3 Å². The number of carbonyl (C=O) groups is 2. The molecule has 0 aliphatic rings. The number of esters is 1. The van der Waals surface area contributed by atoms with Gasteiger partial charge in [0, 0.05) is 42.4 Å². The van der Waals surface area contributed by atoms with Gasteiger partial charge in [-0.25, -0.2) is 9.78 Å². The third-order valence-electron chi connectivity index (χ3n) is 6.39. The summed E-state index contributed by atoms with van der Waals surface area (Å²) < 4.78 is 12.7. The first kappa shape index (κ1) is 24.2. The second-order valence-corrected chi connectivity index (χ2v) is 8.83. The van der Waals surface area contributed by atoms with Crippen molar-refractivity contribution < 1.29 is 18.7 Å². The normalized spacial score (nSPS) is 11.2. The first-order valence-corrected chi connectivity index (χ1v) is 12.2. The Hall–Kier alpha value is -4.53. The van der Waals surface area contributed by atoms with Gasteiger partial charge in [0.15, 0.2) is 5.69 Å². The average Bonchev–Trinajstić information content (AvgIpc) is 3.61. The molecule has 0 spiro atoms. The van der Waals surface area contributed by atoms with Crippen molar-refractivity contribution in [3.8, 4) is 0 Å². The number of rotatable bonds is 9. The van der Waals surface area contributed by atoms with Crippen molar-refractivity contribution in [2.75, 3.05) is 17.7 Å². The lowest BCUT2D eigenvalue weighted by Gasteiger charge is -2.10. The van der Waals surface area contributed by atoms with Gasteiger partial charge < -0.3 is 29.3 Å². The zero-order valence-electron chi connectivity index (χ0n) is 21.1. The molecule has 0 aliphatic carbocycles. The number of hydrogen-bond acceptors (Lipinski definition) is 6. The van der Waals surface area contributed by atoms with Gasteiger partial charge in [-0.05, 0) is 36.2 Å². The molecule has 0 aliphatic heterocycles. The van der Waals surface area contributed by atoms with Crippen LogP contribution >= 0.6 is 0 Å². The lowest BCUT2D eigenvalue weighted by Crippen LogP contribution is -2.16. The summed E-state index contributed by atoms with van der Waals surface area (Å²) >= 11 is 0. The number of carbonyl (C=O) groups excluding carboxylic acids is 2. The Kier molecular flexibility index (Phi) is 6.68. The third kappa shape index (κ3) is 4.80. The molecule has 9 heteroatoms. The van der Waals surface area contributed by atoms with Crippen LogP contribution in [0.1, 0.15) is 41.4 Å². The van der Waals surface area contributed by atoms with E-state index >= 15 is 0 Å². The maximum Gasteiger partial charge on any atom is 0.356 e. The van der Waals surface area contributed by atoms with E-state index in [2.05, 4.69) is 26.7 Å². The van der Waals surface area contributed by atoms with Crippen molar-refractivity contribution in [3.05, 3.63) is 77.6 Å². The fourth-order valence-electron chi connectivity index (χ4n) is 4.62. The highest BCUT2D eigenvalue weighted by atomic mass is 16.5. The minimum Gasteiger partial charge on any atom is -0.464 e. The second kappa shape index (κ2) is 10.2. The molecule has 4 aromatic heterocycles. The molecule has 4 heterocycles. The highest BCUT2D eigenvalue weighted by Crippen LogP contribution is 2.33. The molecule has 0 saturated carbocycles. The lowest BCUT2D eigenvalue weighted by atomic mass is 10.1. The number of hydrogen-bond donors (Lipinski definition) is 3. The van der Waals surface area contributed by atoms with Crippen molar-refractivity contribution >= 4 is 45.2 Å². The van der Waals surface area contributed by atoms with Gasteiger partial charge in [-0.3, -0.25) is 4.79 Å². The van der Waals surface area contributed by atoms with E-state index < -0.39 is 5.97 Å². The van der Waals surface area contributed by atoms with Crippen LogP contribution in [0, 0.1) is 0 Å². The molecule has 0 fully saturated rings. The number of aromatic nitrogens is 3. The number of nitrogens with zero attached hydrogens (tertiary/aromatic N) is 2. The molecule has 0 radical (unpaired) electrons. The summed E-state index contributed by atoms with van der Waals surface area (Å²) in [6.07, 6.45) is 5.18. The first-order valence-electron chi connectivity index (χ1n) is 12.2. The number of anilines is 2. The van der Waals surface area contributed by atoms with Gasteiger partial charge in [-0.15, -0.1) is 0 Å². The molecule has 0 unspecified atom stereocenters. The third-order valence-corrected chi connectivity index (χ3v) is 6.39. The maximum atomic E-state index is 13.0. The van der Waals surface area contributed by atoms with Crippen LogP contribution in [0.3, 0.4) is 0 Å². The predicted octanol–water partition coefficient (Wildman–Crippen LogP) is 5.27. The Bertz CT molecular complexity index is 1590. The van der Waals surface area contributed by atoms with Crippen LogP contribution in [0.25, 0.3) is 21.9 Å². The summed E-state index contributed by atoms with van der Waals surface area (Å²) in [5.41, 5.74) is 4.14. The van der Waals surface area contributed by atoms with E-state index in [1.54, 1.807) is 6.20 Å². The Labute approximate surface area is 213 Å². The topological polar surface area (TPSA) is 114 Å².